The number of hydrogen-bond donors (Lipinski definition) is 3. The highest BCUT2D eigenvalue weighted by Gasteiger charge is 2.32. The molecule has 0 aromatic carbocycles. The van der Waals surface area contributed by atoms with Gasteiger partial charge in [0.05, 0.1) is 12.1 Å². The van der Waals surface area contributed by atoms with Crippen molar-refractivity contribution in [2.45, 2.75) is 58.0 Å². The van der Waals surface area contributed by atoms with E-state index in [1.54, 1.807) is 0 Å². The molecular weight excluding hydrogens is 228 g/mol. The first kappa shape index (κ1) is 15.4. The second-order valence-corrected chi connectivity index (χ2v) is 5.73. The van der Waals surface area contributed by atoms with Gasteiger partial charge < -0.3 is 15.7 Å². The van der Waals surface area contributed by atoms with E-state index < -0.39 is 5.60 Å². The minimum Gasteiger partial charge on any atom is -0.389 e. The van der Waals surface area contributed by atoms with Crippen molar-refractivity contribution in [1.29, 1.82) is 0 Å². The predicted molar refractivity (Wildman–Crippen MR) is 73.4 cm³/mol. The Kier molecular flexibility index (Phi) is 6.65. The van der Waals surface area contributed by atoms with Crippen LogP contribution in [-0.2, 0) is 4.79 Å². The highest BCUT2D eigenvalue weighted by atomic mass is 16.3. The van der Waals surface area contributed by atoms with Crippen molar-refractivity contribution in [2.75, 3.05) is 19.6 Å². The molecule has 0 heterocycles. The van der Waals surface area contributed by atoms with Crippen LogP contribution in [0.2, 0.25) is 0 Å². The lowest BCUT2D eigenvalue weighted by Gasteiger charge is -2.35. The Morgan fingerprint density at radius 2 is 2.28 bits per heavy atom. The Hall–Kier alpha value is -0.610. The van der Waals surface area contributed by atoms with Crippen LogP contribution in [0.25, 0.3) is 0 Å². The molecule has 0 saturated heterocycles. The number of hydrogen-bond acceptors (Lipinski definition) is 3. The van der Waals surface area contributed by atoms with Crippen LogP contribution in [0.3, 0.4) is 0 Å². The van der Waals surface area contributed by atoms with E-state index in [9.17, 15) is 9.90 Å². The minimum atomic E-state index is -0.610. The molecular formula is C14H28N2O2. The maximum atomic E-state index is 11.5. The summed E-state index contributed by atoms with van der Waals surface area (Å²) in [6, 6.07) is 0. The van der Waals surface area contributed by atoms with Gasteiger partial charge in [-0.25, -0.2) is 0 Å². The molecule has 0 aliphatic heterocycles. The largest absolute Gasteiger partial charge is 0.389 e. The zero-order valence-electron chi connectivity index (χ0n) is 11.8. The molecule has 2 atom stereocenters. The average molecular weight is 256 g/mol. The number of rotatable bonds is 7. The molecule has 0 radical (unpaired) electrons. The summed E-state index contributed by atoms with van der Waals surface area (Å²) in [5.41, 5.74) is -0.610. The van der Waals surface area contributed by atoms with E-state index in [0.29, 0.717) is 19.0 Å². The van der Waals surface area contributed by atoms with E-state index in [-0.39, 0.29) is 5.91 Å². The summed E-state index contributed by atoms with van der Waals surface area (Å²) in [4.78, 5) is 11.5. The topological polar surface area (TPSA) is 61.4 Å². The van der Waals surface area contributed by atoms with Crippen LogP contribution in [-0.4, -0.2) is 36.2 Å². The van der Waals surface area contributed by atoms with E-state index in [4.69, 9.17) is 0 Å². The molecule has 1 saturated carbocycles. The van der Waals surface area contributed by atoms with E-state index in [2.05, 4.69) is 24.5 Å². The fourth-order valence-electron chi connectivity index (χ4n) is 2.67. The van der Waals surface area contributed by atoms with Gasteiger partial charge in [0.25, 0.3) is 0 Å². The average Bonchev–Trinajstić information content (AvgIpc) is 2.28. The molecule has 1 fully saturated rings. The number of amides is 1. The van der Waals surface area contributed by atoms with Crippen LogP contribution in [0.15, 0.2) is 0 Å². The van der Waals surface area contributed by atoms with E-state index in [0.717, 1.165) is 38.6 Å². The van der Waals surface area contributed by atoms with Gasteiger partial charge in [-0.3, -0.25) is 4.79 Å². The molecule has 106 valence electrons. The highest BCUT2D eigenvalue weighted by molar-refractivity contribution is 5.77. The maximum absolute atomic E-state index is 11.5. The molecule has 1 amide bonds. The van der Waals surface area contributed by atoms with Crippen LogP contribution >= 0.6 is 0 Å². The summed E-state index contributed by atoms with van der Waals surface area (Å²) in [5, 5.41) is 16.3. The molecule has 0 aromatic rings. The fraction of sp³-hybridized carbons (Fsp3) is 0.929. The number of aliphatic hydroxyl groups is 1. The third-order valence-corrected chi connectivity index (χ3v) is 3.66. The summed E-state index contributed by atoms with van der Waals surface area (Å²) in [6.45, 7) is 5.86. The molecule has 0 bridgehead atoms. The normalized spacial score (nSPS) is 28.1. The SMILES string of the molecule is CCCCNC(=O)CNCC1(O)CCCC(C)C1. The van der Waals surface area contributed by atoms with Crippen LogP contribution in [0.5, 0.6) is 0 Å². The summed E-state index contributed by atoms with van der Waals surface area (Å²) >= 11 is 0. The van der Waals surface area contributed by atoms with Gasteiger partial charge >= 0.3 is 0 Å². The minimum absolute atomic E-state index is 0.0240. The molecule has 1 aliphatic carbocycles. The Balaban J connectivity index is 2.14. The van der Waals surface area contributed by atoms with Gasteiger partial charge in [-0.1, -0.05) is 33.1 Å². The second kappa shape index (κ2) is 7.74. The monoisotopic (exact) mass is 256 g/mol. The quantitative estimate of drug-likeness (QED) is 0.604. The van der Waals surface area contributed by atoms with Crippen molar-refractivity contribution in [2.24, 2.45) is 5.92 Å². The first-order valence-electron chi connectivity index (χ1n) is 7.25. The Bertz CT molecular complexity index is 258. The first-order chi connectivity index (χ1) is 8.56. The van der Waals surface area contributed by atoms with Crippen molar-refractivity contribution < 1.29 is 9.90 Å². The van der Waals surface area contributed by atoms with Gasteiger partial charge in [0.1, 0.15) is 0 Å². The summed E-state index contributed by atoms with van der Waals surface area (Å²) in [7, 11) is 0. The first-order valence-corrected chi connectivity index (χ1v) is 7.25. The number of nitrogens with one attached hydrogen (secondary N) is 2. The van der Waals surface area contributed by atoms with Gasteiger partial charge in [0, 0.05) is 13.1 Å². The fourth-order valence-corrected chi connectivity index (χ4v) is 2.67. The zero-order valence-corrected chi connectivity index (χ0v) is 11.8. The van der Waals surface area contributed by atoms with Crippen molar-refractivity contribution in [3.05, 3.63) is 0 Å². The Morgan fingerprint density at radius 3 is 2.94 bits per heavy atom. The molecule has 18 heavy (non-hydrogen) atoms. The lowest BCUT2D eigenvalue weighted by molar-refractivity contribution is -0.120. The van der Waals surface area contributed by atoms with Crippen molar-refractivity contribution in [3.8, 4) is 0 Å². The molecule has 1 rings (SSSR count). The van der Waals surface area contributed by atoms with Crippen molar-refractivity contribution >= 4 is 5.91 Å². The molecule has 3 N–H and O–H groups in total. The van der Waals surface area contributed by atoms with Gasteiger partial charge in [0.15, 0.2) is 0 Å². The van der Waals surface area contributed by atoms with Crippen LogP contribution < -0.4 is 10.6 Å². The third kappa shape index (κ3) is 5.83. The summed E-state index contributed by atoms with van der Waals surface area (Å²) < 4.78 is 0. The summed E-state index contributed by atoms with van der Waals surface area (Å²) in [5.74, 6) is 0.611. The van der Waals surface area contributed by atoms with Gasteiger partial charge in [-0.2, -0.15) is 0 Å². The smallest absolute Gasteiger partial charge is 0.233 e. The van der Waals surface area contributed by atoms with Crippen LogP contribution in [0.4, 0.5) is 0 Å². The van der Waals surface area contributed by atoms with Crippen LogP contribution in [0.1, 0.15) is 52.4 Å². The maximum Gasteiger partial charge on any atom is 0.233 e. The van der Waals surface area contributed by atoms with Crippen molar-refractivity contribution in [3.63, 3.8) is 0 Å². The molecule has 0 aromatic heterocycles. The second-order valence-electron chi connectivity index (χ2n) is 5.73. The lowest BCUT2D eigenvalue weighted by atomic mass is 9.79. The summed E-state index contributed by atoms with van der Waals surface area (Å²) in [6.07, 6.45) is 6.10. The van der Waals surface area contributed by atoms with E-state index in [1.807, 2.05) is 0 Å². The number of carbonyl (C=O) groups excluding carboxylic acids is 1. The highest BCUT2D eigenvalue weighted by Crippen LogP contribution is 2.31. The Morgan fingerprint density at radius 1 is 1.50 bits per heavy atom. The lowest BCUT2D eigenvalue weighted by Crippen LogP contribution is -2.46. The molecule has 4 heteroatoms. The van der Waals surface area contributed by atoms with Gasteiger partial charge in [-0.15, -0.1) is 0 Å². The molecule has 2 unspecified atom stereocenters. The molecule has 1 aliphatic rings. The molecule has 0 spiro atoms. The Labute approximate surface area is 111 Å². The third-order valence-electron chi connectivity index (χ3n) is 3.66. The predicted octanol–water partition coefficient (Wildman–Crippen LogP) is 1.43. The zero-order chi connectivity index (χ0) is 13.4. The van der Waals surface area contributed by atoms with Gasteiger partial charge in [0.2, 0.25) is 5.91 Å². The number of unbranched alkanes of at least 4 members (excludes halogenated alkanes) is 1. The van der Waals surface area contributed by atoms with Crippen molar-refractivity contribution in [1.82, 2.24) is 10.6 Å². The standard InChI is InChI=1S/C14H28N2O2/c1-3-4-8-16-13(17)10-15-11-14(18)7-5-6-12(2)9-14/h12,15,18H,3-11H2,1-2H3,(H,16,17). The van der Waals surface area contributed by atoms with Gasteiger partial charge in [-0.05, 0) is 25.2 Å². The van der Waals surface area contributed by atoms with E-state index >= 15 is 0 Å². The number of carbonyl (C=O) groups is 1. The van der Waals surface area contributed by atoms with E-state index in [1.165, 1.54) is 6.42 Å². The van der Waals surface area contributed by atoms with Crippen LogP contribution in [0, 0.1) is 5.92 Å². The molecule has 4 nitrogen and oxygen atoms in total.